The van der Waals surface area contributed by atoms with Gasteiger partial charge in [-0.2, -0.15) is 0 Å². The topological polar surface area (TPSA) is 94.1 Å². The van der Waals surface area contributed by atoms with Crippen LogP contribution in [0.4, 0.5) is 0 Å². The number of hydrogen-bond acceptors (Lipinski definition) is 7. The number of nitrogens with zero attached hydrogens (tertiary/aromatic N) is 1. The zero-order valence-corrected chi connectivity index (χ0v) is 24.2. The van der Waals surface area contributed by atoms with E-state index in [2.05, 4.69) is 6.92 Å². The van der Waals surface area contributed by atoms with E-state index in [9.17, 15) is 14.3 Å². The highest BCUT2D eigenvalue weighted by molar-refractivity contribution is 7.45. The molecule has 1 unspecified atom stereocenters. The molecule has 0 aromatic carbocycles. The SMILES string of the molecule is CCCCCCCCCCCCCCCCOC[C@H](COP(=O)([O-])OCC[N+](C)(C)[11CH3])OC(C)=O. The maximum atomic E-state index is 11.9. The van der Waals surface area contributed by atoms with E-state index in [4.69, 9.17) is 18.5 Å². The molecule has 0 aromatic heterocycles. The summed E-state index contributed by atoms with van der Waals surface area (Å²) in [6.07, 6.45) is 17.3. The second-order valence-electron chi connectivity index (χ2n) is 10.5. The highest BCUT2D eigenvalue weighted by atomic mass is 31.2. The molecule has 0 aromatic rings. The lowest BCUT2D eigenvalue weighted by atomic mass is 10.0. The minimum absolute atomic E-state index is 0.0259. The maximum Gasteiger partial charge on any atom is 0.303 e. The molecule has 35 heavy (non-hydrogen) atoms. The molecule has 0 aliphatic rings. The Kier molecular flexibility index (Phi) is 21.3. The third-order valence-electron chi connectivity index (χ3n) is 5.71. The molecule has 0 aliphatic heterocycles. The summed E-state index contributed by atoms with van der Waals surface area (Å²) in [5.41, 5.74) is 0. The Bertz CT molecular complexity index is 554. The number of rotatable bonds is 25. The lowest BCUT2D eigenvalue weighted by Gasteiger charge is -2.28. The van der Waals surface area contributed by atoms with Gasteiger partial charge in [-0.3, -0.25) is 9.36 Å². The normalized spacial score (nSPS) is 14.6. The zero-order chi connectivity index (χ0) is 26.4. The predicted molar refractivity (Wildman–Crippen MR) is 139 cm³/mol. The van der Waals surface area contributed by atoms with Crippen molar-refractivity contribution < 1.29 is 37.3 Å². The molecule has 9 heteroatoms. The van der Waals surface area contributed by atoms with Crippen LogP contribution >= 0.6 is 7.82 Å². The maximum absolute atomic E-state index is 11.9. The molecule has 0 rings (SSSR count). The van der Waals surface area contributed by atoms with Crippen molar-refractivity contribution >= 4 is 13.8 Å². The average Bonchev–Trinajstić information content (AvgIpc) is 2.75. The van der Waals surface area contributed by atoms with Crippen molar-refractivity contribution in [2.45, 2.75) is 110 Å². The van der Waals surface area contributed by atoms with Gasteiger partial charge in [-0.25, -0.2) is 0 Å². The van der Waals surface area contributed by atoms with Gasteiger partial charge in [0, 0.05) is 13.5 Å². The van der Waals surface area contributed by atoms with E-state index in [-0.39, 0.29) is 19.8 Å². The molecule has 0 saturated heterocycles. The van der Waals surface area contributed by atoms with Crippen molar-refractivity contribution in [1.82, 2.24) is 0 Å². The second kappa shape index (κ2) is 21.6. The molecule has 210 valence electrons. The zero-order valence-electron chi connectivity index (χ0n) is 23.3. The van der Waals surface area contributed by atoms with E-state index < -0.39 is 19.9 Å². The highest BCUT2D eigenvalue weighted by Gasteiger charge is 2.19. The summed E-state index contributed by atoms with van der Waals surface area (Å²) >= 11 is 0. The lowest BCUT2D eigenvalue weighted by Crippen LogP contribution is -2.37. The molecule has 0 heterocycles. The molecule has 0 fully saturated rings. The van der Waals surface area contributed by atoms with Crippen molar-refractivity contribution in [3.05, 3.63) is 0 Å². The van der Waals surface area contributed by atoms with Crippen molar-refractivity contribution in [2.75, 3.05) is 54.1 Å². The van der Waals surface area contributed by atoms with Crippen LogP contribution in [0, 0.1) is 0 Å². The van der Waals surface area contributed by atoms with Crippen LogP contribution in [0.25, 0.3) is 0 Å². The van der Waals surface area contributed by atoms with Gasteiger partial charge in [0.05, 0.1) is 34.4 Å². The molecule has 0 saturated carbocycles. The van der Waals surface area contributed by atoms with Crippen LogP contribution in [0.2, 0.25) is 0 Å². The number of likely N-dealkylation sites (N-methyl/N-ethyl adjacent to an activating group) is 1. The van der Waals surface area contributed by atoms with Crippen LogP contribution in [0.3, 0.4) is 0 Å². The van der Waals surface area contributed by atoms with Crippen LogP contribution in [0.15, 0.2) is 0 Å². The van der Waals surface area contributed by atoms with Crippen LogP contribution in [0.1, 0.15) is 104 Å². The van der Waals surface area contributed by atoms with Crippen LogP contribution in [-0.4, -0.2) is 70.7 Å². The Morgan fingerprint density at radius 2 is 1.26 bits per heavy atom. The summed E-state index contributed by atoms with van der Waals surface area (Å²) < 4.78 is 33.0. The first-order chi connectivity index (χ1) is 16.6. The van der Waals surface area contributed by atoms with Gasteiger partial charge >= 0.3 is 5.97 Å². The second-order valence-corrected chi connectivity index (χ2v) is 11.9. The molecule has 8 nitrogen and oxygen atoms in total. The van der Waals surface area contributed by atoms with E-state index in [0.29, 0.717) is 17.6 Å². The van der Waals surface area contributed by atoms with Gasteiger partial charge in [0.15, 0.2) is 0 Å². The summed E-state index contributed by atoms with van der Waals surface area (Å²) in [5, 5.41) is 0. The monoisotopic (exact) mass is 522 g/mol. The molecule has 0 radical (unpaired) electrons. The molecule has 0 N–H and O–H groups in total. The van der Waals surface area contributed by atoms with Crippen LogP contribution < -0.4 is 4.89 Å². The minimum atomic E-state index is -4.46. The number of carbonyl (C=O) groups is 1. The van der Waals surface area contributed by atoms with Gasteiger partial charge < -0.3 is 27.9 Å². The molecule has 0 bridgehead atoms. The molecule has 0 aliphatic carbocycles. The number of hydrogen-bond donors (Lipinski definition) is 0. The number of carbonyl (C=O) groups excluding carboxylic acids is 1. The Labute approximate surface area is 215 Å². The van der Waals surface area contributed by atoms with Crippen molar-refractivity contribution in [3.63, 3.8) is 0 Å². The molecular weight excluding hydrogens is 468 g/mol. The summed E-state index contributed by atoms with van der Waals surface area (Å²) in [4.78, 5) is 23.2. The molecule has 0 amide bonds. The first kappa shape index (κ1) is 34.5. The van der Waals surface area contributed by atoms with Gasteiger partial charge in [0.1, 0.15) is 19.3 Å². The first-order valence-corrected chi connectivity index (χ1v) is 15.2. The standard InChI is InChI=1S/C26H54NO7P/c1-6-7-8-9-10-11-12-13-14-15-16-17-18-19-21-31-23-26(34-25(2)28)24-33-35(29,30)32-22-20-27(3,4)5/h26H,6-24H2,1-5H3/t26-/m1/s1/i3-1. The Balaban J connectivity index is 3.77. The summed E-state index contributed by atoms with van der Waals surface area (Å²) in [6, 6.07) is 0. The van der Waals surface area contributed by atoms with Crippen LogP contribution in [0.5, 0.6) is 0 Å². The van der Waals surface area contributed by atoms with E-state index in [0.717, 1.165) is 12.8 Å². The van der Waals surface area contributed by atoms with E-state index in [1.807, 2.05) is 21.1 Å². The average molecular weight is 523 g/mol. The lowest BCUT2D eigenvalue weighted by molar-refractivity contribution is -0.870. The fourth-order valence-electron chi connectivity index (χ4n) is 3.60. The summed E-state index contributed by atoms with van der Waals surface area (Å²) in [6.45, 7) is 4.40. The number of quaternary nitrogens is 1. The highest BCUT2D eigenvalue weighted by Crippen LogP contribution is 2.38. The van der Waals surface area contributed by atoms with Crippen molar-refractivity contribution in [1.29, 1.82) is 0 Å². The van der Waals surface area contributed by atoms with Crippen molar-refractivity contribution in [2.24, 2.45) is 0 Å². The van der Waals surface area contributed by atoms with Crippen LogP contribution in [-0.2, 0) is 27.9 Å². The molecular formula is C26H54NO7P. The third kappa shape index (κ3) is 26.4. The quantitative estimate of drug-likeness (QED) is 0.0664. The smallest absolute Gasteiger partial charge is 0.303 e. The van der Waals surface area contributed by atoms with Gasteiger partial charge in [-0.05, 0) is 6.42 Å². The summed E-state index contributed by atoms with van der Waals surface area (Å²) in [5.74, 6) is -0.509. The van der Waals surface area contributed by atoms with Gasteiger partial charge in [0.25, 0.3) is 7.82 Å². The molecule has 0 spiro atoms. The van der Waals surface area contributed by atoms with Crippen molar-refractivity contribution in [3.8, 4) is 0 Å². The van der Waals surface area contributed by atoms with E-state index >= 15 is 0 Å². The van der Waals surface area contributed by atoms with Gasteiger partial charge in [-0.1, -0.05) is 90.4 Å². The number of esters is 1. The number of phosphoric ester groups is 1. The molecule has 2 atom stereocenters. The first-order valence-electron chi connectivity index (χ1n) is 13.7. The minimum Gasteiger partial charge on any atom is -0.756 e. The Morgan fingerprint density at radius 1 is 0.771 bits per heavy atom. The van der Waals surface area contributed by atoms with E-state index in [1.165, 1.54) is 84.0 Å². The number of ether oxygens (including phenoxy) is 2. The number of phosphoric acid groups is 1. The van der Waals surface area contributed by atoms with E-state index in [1.54, 1.807) is 0 Å². The fraction of sp³-hybridized carbons (Fsp3) is 0.962. The number of unbranched alkanes of at least 4 members (excludes halogenated alkanes) is 13. The Hall–Kier alpha value is -0.500. The summed E-state index contributed by atoms with van der Waals surface area (Å²) in [7, 11) is 1.35. The van der Waals surface area contributed by atoms with Gasteiger partial charge in [0.2, 0.25) is 0 Å². The largest absolute Gasteiger partial charge is 0.756 e. The fourth-order valence-corrected chi connectivity index (χ4v) is 4.33. The third-order valence-corrected chi connectivity index (χ3v) is 6.67. The predicted octanol–water partition coefficient (Wildman–Crippen LogP) is 5.62. The van der Waals surface area contributed by atoms with Gasteiger partial charge in [-0.15, -0.1) is 0 Å². The Morgan fingerprint density at radius 3 is 1.71 bits per heavy atom.